The number of furan rings is 1. The normalized spacial score (nSPS) is 15.5. The SMILES string of the molecule is Cc1cccc(-c2nnc(SCC(=O)NCC3CCN(c4ccccc4)C3)n2Cc2ccco2)c1. The molecule has 1 amide bonds. The molecule has 8 heteroatoms. The molecule has 0 aliphatic carbocycles. The molecule has 35 heavy (non-hydrogen) atoms. The molecule has 2 aromatic heterocycles. The number of carbonyl (C=O) groups is 1. The van der Waals surface area contributed by atoms with E-state index in [1.807, 2.05) is 34.9 Å². The Morgan fingerprint density at radius 1 is 1.11 bits per heavy atom. The first-order valence-electron chi connectivity index (χ1n) is 11.9. The maximum Gasteiger partial charge on any atom is 0.230 e. The van der Waals surface area contributed by atoms with Gasteiger partial charge in [0.05, 0.1) is 18.6 Å². The van der Waals surface area contributed by atoms with E-state index >= 15 is 0 Å². The quantitative estimate of drug-likeness (QED) is 0.347. The highest BCUT2D eigenvalue weighted by Crippen LogP contribution is 2.26. The standard InChI is InChI=1S/C27H29N5O2S/c1-20-7-5-8-22(15-20)26-29-30-27(32(26)18-24-11-6-14-34-24)35-19-25(33)28-16-21-12-13-31(17-21)23-9-3-2-4-10-23/h2-11,14-15,21H,12-13,16-19H2,1H3,(H,28,33). The summed E-state index contributed by atoms with van der Waals surface area (Å²) in [5.41, 5.74) is 3.39. The molecule has 180 valence electrons. The van der Waals surface area contributed by atoms with Gasteiger partial charge in [-0.3, -0.25) is 9.36 Å². The molecule has 1 fully saturated rings. The number of para-hydroxylation sites is 1. The van der Waals surface area contributed by atoms with Crippen LogP contribution in [0, 0.1) is 12.8 Å². The van der Waals surface area contributed by atoms with Gasteiger partial charge < -0.3 is 14.6 Å². The van der Waals surface area contributed by atoms with Crippen molar-refractivity contribution in [1.29, 1.82) is 0 Å². The zero-order valence-corrected chi connectivity index (χ0v) is 20.6. The maximum atomic E-state index is 12.7. The fraction of sp³-hybridized carbons (Fsp3) is 0.296. The molecule has 1 atom stereocenters. The molecule has 2 aromatic carbocycles. The summed E-state index contributed by atoms with van der Waals surface area (Å²) in [7, 11) is 0. The summed E-state index contributed by atoms with van der Waals surface area (Å²) < 4.78 is 7.58. The Labute approximate surface area is 209 Å². The second kappa shape index (κ2) is 10.8. The van der Waals surface area contributed by atoms with Crippen LogP contribution in [0.15, 0.2) is 82.6 Å². The highest BCUT2D eigenvalue weighted by Gasteiger charge is 2.23. The minimum atomic E-state index is 0.0119. The van der Waals surface area contributed by atoms with Gasteiger partial charge >= 0.3 is 0 Å². The smallest absolute Gasteiger partial charge is 0.230 e. The van der Waals surface area contributed by atoms with Crippen LogP contribution in [0.3, 0.4) is 0 Å². The lowest BCUT2D eigenvalue weighted by atomic mass is 10.1. The van der Waals surface area contributed by atoms with E-state index in [9.17, 15) is 4.79 Å². The van der Waals surface area contributed by atoms with E-state index in [1.165, 1.54) is 17.4 Å². The molecule has 1 N–H and O–H groups in total. The van der Waals surface area contributed by atoms with Gasteiger partial charge in [0.2, 0.25) is 5.91 Å². The van der Waals surface area contributed by atoms with Crippen molar-refractivity contribution in [2.45, 2.75) is 25.0 Å². The first-order valence-corrected chi connectivity index (χ1v) is 12.9. The molecule has 0 saturated carbocycles. The number of nitrogens with zero attached hydrogens (tertiary/aromatic N) is 4. The third-order valence-corrected chi connectivity index (χ3v) is 7.18. The van der Waals surface area contributed by atoms with Crippen molar-refractivity contribution in [2.24, 2.45) is 5.92 Å². The van der Waals surface area contributed by atoms with Gasteiger partial charge in [0.1, 0.15) is 5.76 Å². The average Bonchev–Trinajstić information content (AvgIpc) is 3.64. The molecule has 0 bridgehead atoms. The molecule has 1 saturated heterocycles. The molecule has 4 aromatic rings. The molecular formula is C27H29N5O2S. The van der Waals surface area contributed by atoms with E-state index in [0.29, 0.717) is 29.9 Å². The van der Waals surface area contributed by atoms with Crippen LogP contribution in [0.25, 0.3) is 11.4 Å². The Morgan fingerprint density at radius 3 is 2.80 bits per heavy atom. The fourth-order valence-corrected chi connectivity index (χ4v) is 5.17. The number of anilines is 1. The molecule has 1 aliphatic rings. The largest absolute Gasteiger partial charge is 0.467 e. The van der Waals surface area contributed by atoms with Gasteiger partial charge in [-0.05, 0) is 49.6 Å². The number of amides is 1. The predicted octanol–water partition coefficient (Wildman–Crippen LogP) is 4.63. The van der Waals surface area contributed by atoms with E-state index in [2.05, 4.69) is 63.7 Å². The van der Waals surface area contributed by atoms with Gasteiger partial charge in [-0.25, -0.2) is 0 Å². The molecule has 1 unspecified atom stereocenters. The molecular weight excluding hydrogens is 458 g/mol. The topological polar surface area (TPSA) is 76.2 Å². The molecule has 0 radical (unpaired) electrons. The highest BCUT2D eigenvalue weighted by molar-refractivity contribution is 7.99. The van der Waals surface area contributed by atoms with Crippen molar-refractivity contribution >= 4 is 23.4 Å². The van der Waals surface area contributed by atoms with Gasteiger partial charge in [-0.1, -0.05) is 53.7 Å². The van der Waals surface area contributed by atoms with Crippen LogP contribution >= 0.6 is 11.8 Å². The van der Waals surface area contributed by atoms with E-state index < -0.39 is 0 Å². The predicted molar refractivity (Wildman–Crippen MR) is 139 cm³/mol. The number of aromatic nitrogens is 3. The van der Waals surface area contributed by atoms with Crippen molar-refractivity contribution in [3.05, 3.63) is 84.3 Å². The summed E-state index contributed by atoms with van der Waals surface area (Å²) in [5, 5.41) is 12.7. The third-order valence-electron chi connectivity index (χ3n) is 6.21. The minimum absolute atomic E-state index is 0.0119. The Kier molecular flexibility index (Phi) is 7.18. The monoisotopic (exact) mass is 487 g/mol. The van der Waals surface area contributed by atoms with Gasteiger partial charge in [0.15, 0.2) is 11.0 Å². The van der Waals surface area contributed by atoms with E-state index in [4.69, 9.17) is 4.42 Å². The van der Waals surface area contributed by atoms with Gasteiger partial charge in [-0.2, -0.15) is 0 Å². The Morgan fingerprint density at radius 2 is 2.00 bits per heavy atom. The zero-order valence-electron chi connectivity index (χ0n) is 19.8. The second-order valence-corrected chi connectivity index (χ2v) is 9.81. The lowest BCUT2D eigenvalue weighted by molar-refractivity contribution is -0.118. The molecule has 1 aliphatic heterocycles. The molecule has 0 spiro atoms. The van der Waals surface area contributed by atoms with E-state index in [0.717, 1.165) is 42.2 Å². The summed E-state index contributed by atoms with van der Waals surface area (Å²) in [4.78, 5) is 15.0. The lowest BCUT2D eigenvalue weighted by Gasteiger charge is -2.18. The average molecular weight is 488 g/mol. The number of carbonyl (C=O) groups excluding carboxylic acids is 1. The first kappa shape index (κ1) is 23.2. The second-order valence-electron chi connectivity index (χ2n) is 8.87. The summed E-state index contributed by atoms with van der Waals surface area (Å²) >= 11 is 1.40. The Balaban J connectivity index is 1.19. The number of thioether (sulfide) groups is 1. The summed E-state index contributed by atoms with van der Waals surface area (Å²) in [5.74, 6) is 2.34. The van der Waals surface area contributed by atoms with Crippen LogP contribution in [0.2, 0.25) is 0 Å². The number of hydrogen-bond acceptors (Lipinski definition) is 6. The summed E-state index contributed by atoms with van der Waals surface area (Å²) in [6.45, 7) is 5.24. The fourth-order valence-electron chi connectivity index (χ4n) is 4.41. The lowest BCUT2D eigenvalue weighted by Crippen LogP contribution is -2.32. The first-order chi connectivity index (χ1) is 17.2. The van der Waals surface area contributed by atoms with Crippen LogP contribution < -0.4 is 10.2 Å². The van der Waals surface area contributed by atoms with E-state index in [-0.39, 0.29) is 5.91 Å². The van der Waals surface area contributed by atoms with Gasteiger partial charge in [-0.15, -0.1) is 10.2 Å². The van der Waals surface area contributed by atoms with Crippen molar-refractivity contribution in [3.8, 4) is 11.4 Å². The number of benzene rings is 2. The number of rotatable bonds is 9. The highest BCUT2D eigenvalue weighted by atomic mass is 32.2. The molecule has 5 rings (SSSR count). The number of hydrogen-bond donors (Lipinski definition) is 1. The van der Waals surface area contributed by atoms with E-state index in [1.54, 1.807) is 6.26 Å². The van der Waals surface area contributed by atoms with Crippen molar-refractivity contribution in [1.82, 2.24) is 20.1 Å². The summed E-state index contributed by atoms with van der Waals surface area (Å²) in [6, 6.07) is 22.4. The number of aryl methyl sites for hydroxylation is 1. The maximum absolute atomic E-state index is 12.7. The Bertz CT molecular complexity index is 1260. The van der Waals surface area contributed by atoms with Crippen molar-refractivity contribution in [3.63, 3.8) is 0 Å². The van der Waals surface area contributed by atoms with Crippen molar-refractivity contribution in [2.75, 3.05) is 30.3 Å². The van der Waals surface area contributed by atoms with Crippen LogP contribution in [0.1, 0.15) is 17.7 Å². The van der Waals surface area contributed by atoms with Crippen LogP contribution in [0.5, 0.6) is 0 Å². The van der Waals surface area contributed by atoms with Crippen LogP contribution in [0.4, 0.5) is 5.69 Å². The minimum Gasteiger partial charge on any atom is -0.467 e. The van der Waals surface area contributed by atoms with Gasteiger partial charge in [0.25, 0.3) is 0 Å². The Hall–Kier alpha value is -3.52. The van der Waals surface area contributed by atoms with Crippen LogP contribution in [-0.2, 0) is 11.3 Å². The molecule has 3 heterocycles. The molecule has 7 nitrogen and oxygen atoms in total. The van der Waals surface area contributed by atoms with Crippen LogP contribution in [-0.4, -0.2) is 46.1 Å². The number of nitrogens with one attached hydrogen (secondary N) is 1. The third kappa shape index (κ3) is 5.77. The van der Waals surface area contributed by atoms with Gasteiger partial charge in [0, 0.05) is 30.9 Å². The zero-order chi connectivity index (χ0) is 24.0. The van der Waals surface area contributed by atoms with Crippen molar-refractivity contribution < 1.29 is 9.21 Å². The summed E-state index contributed by atoms with van der Waals surface area (Å²) in [6.07, 6.45) is 2.74.